The number of nitrogens with one attached hydrogen (secondary N) is 2. The lowest BCUT2D eigenvalue weighted by molar-refractivity contribution is 0.101. The molecular formula is C14H17N3O2. The summed E-state index contributed by atoms with van der Waals surface area (Å²) >= 11 is 0. The fourth-order valence-corrected chi connectivity index (χ4v) is 1.83. The van der Waals surface area contributed by atoms with Crippen molar-refractivity contribution in [2.75, 3.05) is 18.4 Å². The highest BCUT2D eigenvalue weighted by Gasteiger charge is 2.09. The minimum Gasteiger partial charge on any atom is -0.307 e. The predicted molar refractivity (Wildman–Crippen MR) is 73.9 cm³/mol. The second-order valence-electron chi connectivity index (χ2n) is 4.41. The summed E-state index contributed by atoms with van der Waals surface area (Å²) in [7, 11) is 0. The minimum absolute atomic E-state index is 0.0103. The van der Waals surface area contributed by atoms with E-state index in [1.165, 1.54) is 6.92 Å². The molecule has 0 spiro atoms. The van der Waals surface area contributed by atoms with Crippen LogP contribution in [0.2, 0.25) is 0 Å². The van der Waals surface area contributed by atoms with E-state index in [0.717, 1.165) is 19.5 Å². The monoisotopic (exact) mass is 259 g/mol. The highest BCUT2D eigenvalue weighted by Crippen LogP contribution is 2.10. The van der Waals surface area contributed by atoms with Gasteiger partial charge in [-0.25, -0.2) is 9.80 Å². The van der Waals surface area contributed by atoms with Crippen LogP contribution in [-0.2, 0) is 0 Å². The normalized spacial score (nSPS) is 15.0. The Kier molecular flexibility index (Phi) is 4.30. The molecule has 100 valence electrons. The van der Waals surface area contributed by atoms with Crippen molar-refractivity contribution in [3.63, 3.8) is 0 Å². The lowest BCUT2D eigenvalue weighted by Crippen LogP contribution is -2.45. The molecule has 1 heterocycles. The van der Waals surface area contributed by atoms with E-state index in [9.17, 15) is 9.59 Å². The van der Waals surface area contributed by atoms with Crippen LogP contribution in [0.25, 0.3) is 0 Å². The van der Waals surface area contributed by atoms with Gasteiger partial charge in [0, 0.05) is 24.3 Å². The van der Waals surface area contributed by atoms with Gasteiger partial charge in [0.25, 0.3) is 0 Å². The number of benzene rings is 1. The van der Waals surface area contributed by atoms with Gasteiger partial charge in [0.2, 0.25) is 0 Å². The molecule has 0 saturated carbocycles. The fourth-order valence-electron chi connectivity index (χ4n) is 1.83. The molecule has 0 saturated heterocycles. The number of hydrogen-bond acceptors (Lipinski definition) is 3. The average molecular weight is 259 g/mol. The van der Waals surface area contributed by atoms with Gasteiger partial charge in [-0.15, -0.1) is 0 Å². The maximum Gasteiger partial charge on any atom is 0.333 e. The molecule has 5 heteroatoms. The Morgan fingerprint density at radius 2 is 1.89 bits per heavy atom. The van der Waals surface area contributed by atoms with Gasteiger partial charge in [0.1, 0.15) is 0 Å². The molecule has 2 N–H and O–H groups in total. The highest BCUT2D eigenvalue weighted by atomic mass is 16.2. The van der Waals surface area contributed by atoms with Crippen LogP contribution in [0.3, 0.4) is 0 Å². The standard InChI is InChI=1S/C14H17N3O2/c1-11(18)12-5-7-13(8-6-12)15-14(19)16-17-9-3-2-4-10-17/h2-3,5-8H,4,9-10H2,1H3,(H2,15,16,19). The lowest BCUT2D eigenvalue weighted by atomic mass is 10.1. The van der Waals surface area contributed by atoms with Crippen molar-refractivity contribution in [2.45, 2.75) is 13.3 Å². The van der Waals surface area contributed by atoms with Crippen LogP contribution in [0.4, 0.5) is 10.5 Å². The molecule has 0 bridgehead atoms. The third-order valence-corrected chi connectivity index (χ3v) is 2.87. The number of rotatable bonds is 3. The number of carbonyl (C=O) groups excluding carboxylic acids is 2. The van der Waals surface area contributed by atoms with Gasteiger partial charge >= 0.3 is 6.03 Å². The highest BCUT2D eigenvalue weighted by molar-refractivity contribution is 5.95. The summed E-state index contributed by atoms with van der Waals surface area (Å²) in [6, 6.07) is 6.55. The number of carbonyl (C=O) groups is 2. The van der Waals surface area contributed by atoms with Crippen molar-refractivity contribution in [3.05, 3.63) is 42.0 Å². The first-order chi connectivity index (χ1) is 9.15. The quantitative estimate of drug-likeness (QED) is 0.646. The van der Waals surface area contributed by atoms with E-state index < -0.39 is 0 Å². The van der Waals surface area contributed by atoms with Crippen molar-refractivity contribution in [1.29, 1.82) is 0 Å². The summed E-state index contributed by atoms with van der Waals surface area (Å²) in [5.74, 6) is 0.0103. The summed E-state index contributed by atoms with van der Waals surface area (Å²) in [6.07, 6.45) is 5.05. The van der Waals surface area contributed by atoms with Gasteiger partial charge in [-0.1, -0.05) is 12.2 Å². The summed E-state index contributed by atoms with van der Waals surface area (Å²) in [5.41, 5.74) is 4.06. The molecule has 1 aromatic rings. The molecule has 0 atom stereocenters. The van der Waals surface area contributed by atoms with Crippen LogP contribution in [-0.4, -0.2) is 29.9 Å². The molecule has 0 aliphatic carbocycles. The fraction of sp³-hybridized carbons (Fsp3) is 0.286. The third-order valence-electron chi connectivity index (χ3n) is 2.87. The van der Waals surface area contributed by atoms with E-state index >= 15 is 0 Å². The first-order valence-electron chi connectivity index (χ1n) is 6.24. The van der Waals surface area contributed by atoms with Crippen molar-refractivity contribution in [2.24, 2.45) is 0 Å². The van der Waals surface area contributed by atoms with Gasteiger partial charge in [-0.05, 0) is 37.6 Å². The summed E-state index contributed by atoms with van der Waals surface area (Å²) < 4.78 is 0. The largest absolute Gasteiger partial charge is 0.333 e. The second kappa shape index (κ2) is 6.15. The Morgan fingerprint density at radius 3 is 2.47 bits per heavy atom. The molecular weight excluding hydrogens is 242 g/mol. The van der Waals surface area contributed by atoms with E-state index in [1.807, 2.05) is 11.1 Å². The number of hydrazine groups is 1. The number of nitrogens with zero attached hydrogens (tertiary/aromatic N) is 1. The topological polar surface area (TPSA) is 61.4 Å². The van der Waals surface area contributed by atoms with E-state index in [1.54, 1.807) is 24.3 Å². The zero-order chi connectivity index (χ0) is 13.7. The second-order valence-corrected chi connectivity index (χ2v) is 4.41. The first-order valence-corrected chi connectivity index (χ1v) is 6.24. The molecule has 0 aromatic heterocycles. The van der Waals surface area contributed by atoms with Crippen molar-refractivity contribution in [3.8, 4) is 0 Å². The number of amides is 2. The number of urea groups is 1. The Bertz CT molecular complexity index is 494. The predicted octanol–water partition coefficient (Wildman–Crippen LogP) is 2.19. The Labute approximate surface area is 112 Å². The van der Waals surface area contributed by atoms with Crippen molar-refractivity contribution < 1.29 is 9.59 Å². The van der Waals surface area contributed by atoms with Crippen LogP contribution >= 0.6 is 0 Å². The Morgan fingerprint density at radius 1 is 1.16 bits per heavy atom. The van der Waals surface area contributed by atoms with Crippen molar-refractivity contribution >= 4 is 17.5 Å². The zero-order valence-electron chi connectivity index (χ0n) is 10.8. The number of hydrogen-bond donors (Lipinski definition) is 2. The van der Waals surface area contributed by atoms with Gasteiger partial charge in [-0.2, -0.15) is 0 Å². The molecule has 0 unspecified atom stereocenters. The summed E-state index contributed by atoms with van der Waals surface area (Å²) in [5, 5.41) is 4.57. The molecule has 0 radical (unpaired) electrons. The van der Waals surface area contributed by atoms with Gasteiger partial charge < -0.3 is 5.32 Å². The molecule has 5 nitrogen and oxygen atoms in total. The zero-order valence-corrected chi connectivity index (χ0v) is 10.8. The lowest BCUT2D eigenvalue weighted by Gasteiger charge is -2.23. The first kappa shape index (κ1) is 13.3. The number of anilines is 1. The van der Waals surface area contributed by atoms with Gasteiger partial charge in [-0.3, -0.25) is 10.2 Å². The van der Waals surface area contributed by atoms with Crippen molar-refractivity contribution in [1.82, 2.24) is 10.4 Å². The smallest absolute Gasteiger partial charge is 0.307 e. The summed E-state index contributed by atoms with van der Waals surface area (Å²) in [6.45, 7) is 3.04. The van der Waals surface area contributed by atoms with Gasteiger partial charge in [0.15, 0.2) is 5.78 Å². The van der Waals surface area contributed by atoms with Crippen LogP contribution < -0.4 is 10.7 Å². The molecule has 2 rings (SSSR count). The third kappa shape index (κ3) is 3.93. The molecule has 0 fully saturated rings. The number of Topliss-reactive ketones (excluding diaryl/α,β-unsaturated/α-hetero) is 1. The maximum atomic E-state index is 11.7. The Hall–Kier alpha value is -2.14. The Balaban J connectivity index is 1.87. The minimum atomic E-state index is -0.272. The molecule has 1 aliphatic heterocycles. The van der Waals surface area contributed by atoms with E-state index in [4.69, 9.17) is 0 Å². The molecule has 1 aliphatic rings. The van der Waals surface area contributed by atoms with Crippen LogP contribution in [0.15, 0.2) is 36.4 Å². The van der Waals surface area contributed by atoms with Crippen LogP contribution in [0.5, 0.6) is 0 Å². The molecule has 1 aromatic carbocycles. The van der Waals surface area contributed by atoms with E-state index in [-0.39, 0.29) is 11.8 Å². The molecule has 2 amide bonds. The van der Waals surface area contributed by atoms with E-state index in [0.29, 0.717) is 11.3 Å². The number of ketones is 1. The van der Waals surface area contributed by atoms with E-state index in [2.05, 4.69) is 16.8 Å². The van der Waals surface area contributed by atoms with Gasteiger partial charge in [0.05, 0.1) is 0 Å². The summed E-state index contributed by atoms with van der Waals surface area (Å²) in [4.78, 5) is 22.9. The van der Waals surface area contributed by atoms with Crippen LogP contribution in [0, 0.1) is 0 Å². The SMILES string of the molecule is CC(=O)c1ccc(NC(=O)NN2CC=CCC2)cc1. The van der Waals surface area contributed by atoms with Crippen LogP contribution in [0.1, 0.15) is 23.7 Å². The maximum absolute atomic E-state index is 11.7. The average Bonchev–Trinajstić information content (AvgIpc) is 2.40. The molecule has 19 heavy (non-hydrogen) atoms.